The van der Waals surface area contributed by atoms with Crippen molar-refractivity contribution in [3.05, 3.63) is 51.5 Å². The second-order valence-corrected chi connectivity index (χ2v) is 6.87. The first-order valence-electron chi connectivity index (χ1n) is 7.87. The molecule has 1 aliphatic carbocycles. The average Bonchev–Trinajstić information content (AvgIpc) is 3.43. The van der Waals surface area contributed by atoms with Crippen molar-refractivity contribution in [1.82, 2.24) is 14.9 Å². The fourth-order valence-corrected chi connectivity index (χ4v) is 2.82. The van der Waals surface area contributed by atoms with Crippen LogP contribution in [0.4, 0.5) is 10.3 Å². The Balaban J connectivity index is 1.71. The van der Waals surface area contributed by atoms with Crippen LogP contribution in [0.15, 0.2) is 24.5 Å². The minimum absolute atomic E-state index is 0.00246. The number of benzene rings is 1. The molecule has 136 valence electrons. The lowest BCUT2D eigenvalue weighted by atomic mass is 10.0. The summed E-state index contributed by atoms with van der Waals surface area (Å²) in [6.07, 6.45) is 4.32. The van der Waals surface area contributed by atoms with Gasteiger partial charge in [0.05, 0.1) is 29.0 Å². The maximum Gasteiger partial charge on any atom is 0.254 e. The number of likely N-dealkylation sites (N-methyl/N-ethyl adjacent to an activating group) is 1. The summed E-state index contributed by atoms with van der Waals surface area (Å²) in [7, 11) is 1.47. The molecule has 3 rings (SSSR count). The van der Waals surface area contributed by atoms with Gasteiger partial charge in [-0.05, 0) is 30.9 Å². The second kappa shape index (κ2) is 7.55. The van der Waals surface area contributed by atoms with Gasteiger partial charge in [0.15, 0.2) is 0 Å². The number of nitrogens with one attached hydrogen (secondary N) is 1. The van der Waals surface area contributed by atoms with E-state index in [1.807, 2.05) is 0 Å². The SMILES string of the molecule is CN(CC(=O)Nc1ncc(Cl)cn1)C(=O)c1ccc(Cl)c(F)c1C1CC1. The monoisotopic (exact) mass is 396 g/mol. The third-order valence-corrected chi connectivity index (χ3v) is 4.43. The Morgan fingerprint density at radius 1 is 1.27 bits per heavy atom. The van der Waals surface area contributed by atoms with Crippen LogP contribution in [0.3, 0.4) is 0 Å². The first-order valence-corrected chi connectivity index (χ1v) is 8.63. The van der Waals surface area contributed by atoms with Gasteiger partial charge in [-0.15, -0.1) is 0 Å². The Bertz CT molecular complexity index is 857. The van der Waals surface area contributed by atoms with Gasteiger partial charge in [0, 0.05) is 18.2 Å². The van der Waals surface area contributed by atoms with Gasteiger partial charge in [-0.1, -0.05) is 23.2 Å². The minimum atomic E-state index is -0.563. The molecule has 1 aromatic heterocycles. The Morgan fingerprint density at radius 2 is 1.92 bits per heavy atom. The lowest BCUT2D eigenvalue weighted by molar-refractivity contribution is -0.116. The summed E-state index contributed by atoms with van der Waals surface area (Å²) < 4.78 is 14.4. The number of halogens is 3. The highest BCUT2D eigenvalue weighted by Crippen LogP contribution is 2.44. The van der Waals surface area contributed by atoms with Crippen molar-refractivity contribution in [2.24, 2.45) is 0 Å². The van der Waals surface area contributed by atoms with Crippen LogP contribution in [0, 0.1) is 5.82 Å². The van der Waals surface area contributed by atoms with Crippen LogP contribution in [0.5, 0.6) is 0 Å². The van der Waals surface area contributed by atoms with E-state index in [-0.39, 0.29) is 29.0 Å². The molecule has 0 bridgehead atoms. The quantitative estimate of drug-likeness (QED) is 0.838. The van der Waals surface area contributed by atoms with Gasteiger partial charge >= 0.3 is 0 Å². The number of aromatic nitrogens is 2. The lowest BCUT2D eigenvalue weighted by Crippen LogP contribution is -2.35. The normalized spacial score (nSPS) is 13.4. The van der Waals surface area contributed by atoms with Crippen molar-refractivity contribution in [2.45, 2.75) is 18.8 Å². The molecule has 2 amide bonds. The second-order valence-electron chi connectivity index (χ2n) is 6.03. The standard InChI is InChI=1S/C17H15Cl2FN4O2/c1-24(8-13(25)23-17-21-6-10(18)7-22-17)16(26)11-4-5-12(19)15(20)14(11)9-2-3-9/h4-7,9H,2-3,8H2,1H3,(H,21,22,23,25). The summed E-state index contributed by atoms with van der Waals surface area (Å²) in [5, 5.41) is 2.80. The van der Waals surface area contributed by atoms with Crippen LogP contribution >= 0.6 is 23.2 Å². The Morgan fingerprint density at radius 3 is 2.54 bits per heavy atom. The molecule has 1 fully saturated rings. The molecule has 9 heteroatoms. The summed E-state index contributed by atoms with van der Waals surface area (Å²) in [6.45, 7) is -0.237. The molecule has 1 N–H and O–H groups in total. The third-order valence-electron chi connectivity index (χ3n) is 3.95. The van der Waals surface area contributed by atoms with E-state index in [9.17, 15) is 14.0 Å². The highest BCUT2D eigenvalue weighted by molar-refractivity contribution is 6.31. The molecule has 26 heavy (non-hydrogen) atoms. The highest BCUT2D eigenvalue weighted by Gasteiger charge is 2.33. The van der Waals surface area contributed by atoms with Gasteiger partial charge in [0.1, 0.15) is 5.82 Å². The van der Waals surface area contributed by atoms with Crippen LogP contribution < -0.4 is 5.32 Å². The Labute approximate surface area is 159 Å². The van der Waals surface area contributed by atoms with Crippen LogP contribution in [0.25, 0.3) is 0 Å². The minimum Gasteiger partial charge on any atom is -0.332 e. The number of nitrogens with zero attached hydrogens (tertiary/aromatic N) is 3. The summed E-state index contributed by atoms with van der Waals surface area (Å²) >= 11 is 11.5. The van der Waals surface area contributed by atoms with Crippen molar-refractivity contribution < 1.29 is 14.0 Å². The van der Waals surface area contributed by atoms with Gasteiger partial charge in [0.2, 0.25) is 11.9 Å². The van der Waals surface area contributed by atoms with Crippen molar-refractivity contribution in [1.29, 1.82) is 0 Å². The first kappa shape index (κ1) is 18.5. The van der Waals surface area contributed by atoms with Crippen molar-refractivity contribution >= 4 is 41.0 Å². The van der Waals surface area contributed by atoms with E-state index in [0.29, 0.717) is 10.6 Å². The molecule has 1 saturated carbocycles. The molecule has 0 saturated heterocycles. The van der Waals surface area contributed by atoms with Crippen molar-refractivity contribution in [2.75, 3.05) is 18.9 Å². The van der Waals surface area contributed by atoms with E-state index < -0.39 is 17.6 Å². The van der Waals surface area contributed by atoms with E-state index in [0.717, 1.165) is 12.8 Å². The van der Waals surface area contributed by atoms with Gasteiger partial charge < -0.3 is 4.90 Å². The zero-order chi connectivity index (χ0) is 18.8. The van der Waals surface area contributed by atoms with Gasteiger partial charge in [0.25, 0.3) is 5.91 Å². The molecule has 0 aliphatic heterocycles. The molecule has 6 nitrogen and oxygen atoms in total. The summed E-state index contributed by atoms with van der Waals surface area (Å²) in [5.41, 5.74) is 0.559. The van der Waals surface area contributed by atoms with Gasteiger partial charge in [-0.3, -0.25) is 14.9 Å². The number of hydrogen-bond acceptors (Lipinski definition) is 4. The molecular weight excluding hydrogens is 382 g/mol. The molecule has 0 spiro atoms. The van der Waals surface area contributed by atoms with E-state index in [4.69, 9.17) is 23.2 Å². The number of amides is 2. The summed E-state index contributed by atoms with van der Waals surface area (Å²) in [4.78, 5) is 33.7. The Kier molecular flexibility index (Phi) is 5.38. The topological polar surface area (TPSA) is 75.2 Å². The van der Waals surface area contributed by atoms with Crippen LogP contribution in [-0.2, 0) is 4.79 Å². The molecule has 0 unspecified atom stereocenters. The molecule has 1 heterocycles. The number of carbonyl (C=O) groups excluding carboxylic acids is 2. The largest absolute Gasteiger partial charge is 0.332 e. The molecule has 1 aliphatic rings. The maximum atomic E-state index is 14.4. The number of rotatable bonds is 5. The van der Waals surface area contributed by atoms with Crippen molar-refractivity contribution in [3.63, 3.8) is 0 Å². The molecule has 1 aromatic carbocycles. The van der Waals surface area contributed by atoms with Crippen LogP contribution in [-0.4, -0.2) is 40.3 Å². The third kappa shape index (κ3) is 4.11. The predicted octanol–water partition coefficient (Wildman–Crippen LogP) is 3.51. The number of anilines is 1. The van der Waals surface area contributed by atoms with E-state index in [1.54, 1.807) is 0 Å². The average molecular weight is 397 g/mol. The summed E-state index contributed by atoms with van der Waals surface area (Å²) in [6, 6.07) is 2.85. The van der Waals surface area contributed by atoms with Crippen LogP contribution in [0.1, 0.15) is 34.7 Å². The van der Waals surface area contributed by atoms with Gasteiger partial charge in [-0.2, -0.15) is 0 Å². The van der Waals surface area contributed by atoms with E-state index >= 15 is 0 Å². The molecular formula is C17H15Cl2FN4O2. The molecule has 0 atom stereocenters. The highest BCUT2D eigenvalue weighted by atomic mass is 35.5. The number of hydrogen-bond donors (Lipinski definition) is 1. The van der Waals surface area contributed by atoms with E-state index in [1.165, 1.54) is 36.5 Å². The molecule has 2 aromatic rings. The molecule has 0 radical (unpaired) electrons. The summed E-state index contributed by atoms with van der Waals surface area (Å²) in [5.74, 6) is -1.42. The predicted molar refractivity (Wildman–Crippen MR) is 96.0 cm³/mol. The van der Waals surface area contributed by atoms with Crippen molar-refractivity contribution in [3.8, 4) is 0 Å². The fraction of sp³-hybridized carbons (Fsp3) is 0.294. The Hall–Kier alpha value is -2.25. The zero-order valence-corrected chi connectivity index (χ0v) is 15.3. The first-order chi connectivity index (χ1) is 12.4. The van der Waals surface area contributed by atoms with Crippen LogP contribution in [0.2, 0.25) is 10.0 Å². The van der Waals surface area contributed by atoms with Gasteiger partial charge in [-0.25, -0.2) is 14.4 Å². The maximum absolute atomic E-state index is 14.4. The number of carbonyl (C=O) groups is 2. The zero-order valence-electron chi connectivity index (χ0n) is 13.8. The lowest BCUT2D eigenvalue weighted by Gasteiger charge is -2.19. The smallest absolute Gasteiger partial charge is 0.254 e. The fourth-order valence-electron chi connectivity index (χ4n) is 2.56. The van der Waals surface area contributed by atoms with E-state index in [2.05, 4.69) is 15.3 Å².